The van der Waals surface area contributed by atoms with Gasteiger partial charge in [0.15, 0.2) is 0 Å². The maximum Gasteiger partial charge on any atom is 0.341 e. The molecule has 1 N–H and O–H groups in total. The zero-order chi connectivity index (χ0) is 20.1. The first-order chi connectivity index (χ1) is 13.6. The molecule has 28 heavy (non-hydrogen) atoms. The van der Waals surface area contributed by atoms with Crippen LogP contribution in [-0.2, 0) is 11.3 Å². The Morgan fingerprint density at radius 1 is 1.32 bits per heavy atom. The summed E-state index contributed by atoms with van der Waals surface area (Å²) in [6.07, 6.45) is 3.22. The van der Waals surface area contributed by atoms with Gasteiger partial charge in [0.25, 0.3) is 0 Å². The number of esters is 1. The topological polar surface area (TPSA) is 80.5 Å². The van der Waals surface area contributed by atoms with Crippen LogP contribution in [0.5, 0.6) is 0 Å². The fraction of sp³-hybridized carbons (Fsp3) is 0.350. The average molecular weight is 403 g/mol. The fourth-order valence-corrected chi connectivity index (χ4v) is 3.27. The summed E-state index contributed by atoms with van der Waals surface area (Å²) in [4.78, 5) is 18.9. The minimum Gasteiger partial charge on any atom is -0.462 e. The van der Waals surface area contributed by atoms with E-state index in [2.05, 4.69) is 10.1 Å². The third kappa shape index (κ3) is 4.16. The van der Waals surface area contributed by atoms with Gasteiger partial charge in [0, 0.05) is 29.7 Å². The Labute approximate surface area is 168 Å². The molecule has 7 nitrogen and oxygen atoms in total. The molecule has 148 valence electrons. The molecule has 0 bridgehead atoms. The van der Waals surface area contributed by atoms with Crippen molar-refractivity contribution < 1.29 is 14.6 Å². The Morgan fingerprint density at radius 3 is 2.86 bits per heavy atom. The second kappa shape index (κ2) is 9.14. The molecule has 0 radical (unpaired) electrons. The summed E-state index contributed by atoms with van der Waals surface area (Å²) in [5, 5.41) is 15.3. The molecule has 3 aromatic rings. The molecule has 0 fully saturated rings. The van der Waals surface area contributed by atoms with Gasteiger partial charge in [-0.3, -0.25) is 9.88 Å². The van der Waals surface area contributed by atoms with Gasteiger partial charge in [-0.05, 0) is 37.7 Å². The van der Waals surface area contributed by atoms with Crippen LogP contribution in [0.1, 0.15) is 29.9 Å². The summed E-state index contributed by atoms with van der Waals surface area (Å²) in [5.41, 5.74) is 2.66. The van der Waals surface area contributed by atoms with Crippen molar-refractivity contribution in [2.24, 2.45) is 0 Å². The number of aromatic nitrogens is 3. The lowest BCUT2D eigenvalue weighted by Gasteiger charge is -2.21. The van der Waals surface area contributed by atoms with Crippen molar-refractivity contribution in [2.75, 3.05) is 26.3 Å². The molecule has 2 aromatic heterocycles. The number of fused-ring (bicyclic) bond motifs is 1. The van der Waals surface area contributed by atoms with Gasteiger partial charge in [-0.15, -0.1) is 0 Å². The number of pyridine rings is 1. The van der Waals surface area contributed by atoms with Crippen molar-refractivity contribution in [1.29, 1.82) is 0 Å². The molecule has 0 aliphatic rings. The molecule has 0 saturated carbocycles. The van der Waals surface area contributed by atoms with E-state index in [4.69, 9.17) is 16.3 Å². The minimum atomic E-state index is -0.412. The molecule has 0 amide bonds. The number of hydrogen-bond acceptors (Lipinski definition) is 6. The van der Waals surface area contributed by atoms with E-state index < -0.39 is 5.97 Å². The van der Waals surface area contributed by atoms with Crippen LogP contribution in [0.25, 0.3) is 16.6 Å². The third-order valence-corrected chi connectivity index (χ3v) is 4.75. The van der Waals surface area contributed by atoms with Crippen molar-refractivity contribution in [1.82, 2.24) is 19.7 Å². The van der Waals surface area contributed by atoms with Crippen LogP contribution in [-0.4, -0.2) is 57.0 Å². The summed E-state index contributed by atoms with van der Waals surface area (Å²) >= 11 is 6.10. The van der Waals surface area contributed by atoms with Crippen molar-refractivity contribution in [3.8, 4) is 5.69 Å². The smallest absolute Gasteiger partial charge is 0.341 e. The number of carbonyl (C=O) groups is 1. The van der Waals surface area contributed by atoms with Crippen molar-refractivity contribution in [2.45, 2.75) is 20.4 Å². The van der Waals surface area contributed by atoms with E-state index in [0.29, 0.717) is 29.4 Å². The lowest BCUT2D eigenvalue weighted by atomic mass is 10.1. The molecule has 0 aliphatic carbocycles. The Balaban J connectivity index is 2.14. The zero-order valence-corrected chi connectivity index (χ0v) is 16.7. The fourth-order valence-electron chi connectivity index (χ4n) is 3.11. The number of benzene rings is 1. The second-order valence-corrected chi connectivity index (χ2v) is 6.66. The average Bonchev–Trinajstić information content (AvgIpc) is 3.10. The van der Waals surface area contributed by atoms with Gasteiger partial charge < -0.3 is 9.84 Å². The van der Waals surface area contributed by atoms with E-state index >= 15 is 0 Å². The summed E-state index contributed by atoms with van der Waals surface area (Å²) in [6, 6.07) is 7.33. The molecule has 0 aliphatic heterocycles. The maximum absolute atomic E-state index is 12.5. The van der Waals surface area contributed by atoms with Crippen LogP contribution in [0, 0.1) is 0 Å². The molecule has 0 saturated heterocycles. The number of likely N-dealkylation sites (N-methyl/N-ethyl adjacent to an activating group) is 1. The van der Waals surface area contributed by atoms with Crippen molar-refractivity contribution in [3.63, 3.8) is 0 Å². The van der Waals surface area contributed by atoms with Crippen LogP contribution in [0.4, 0.5) is 0 Å². The van der Waals surface area contributed by atoms with Crippen LogP contribution in [0.2, 0.25) is 5.02 Å². The summed E-state index contributed by atoms with van der Waals surface area (Å²) in [6.45, 7) is 5.76. The summed E-state index contributed by atoms with van der Waals surface area (Å²) in [5.74, 6) is -0.412. The highest BCUT2D eigenvalue weighted by Gasteiger charge is 2.22. The summed E-state index contributed by atoms with van der Waals surface area (Å²) in [7, 11) is 0. The van der Waals surface area contributed by atoms with Crippen molar-refractivity contribution in [3.05, 3.63) is 52.9 Å². The van der Waals surface area contributed by atoms with Crippen LogP contribution in [0.3, 0.4) is 0 Å². The molecular formula is C20H23ClN4O3. The molecular weight excluding hydrogens is 380 g/mol. The first-order valence-electron chi connectivity index (χ1n) is 9.20. The number of ether oxygens (including phenoxy) is 1. The van der Waals surface area contributed by atoms with Crippen LogP contribution < -0.4 is 0 Å². The predicted molar refractivity (Wildman–Crippen MR) is 108 cm³/mol. The molecule has 1 aromatic carbocycles. The highest BCUT2D eigenvalue weighted by atomic mass is 35.5. The Bertz CT molecular complexity index is 973. The van der Waals surface area contributed by atoms with Gasteiger partial charge in [0.2, 0.25) is 0 Å². The highest BCUT2D eigenvalue weighted by molar-refractivity contribution is 6.31. The predicted octanol–water partition coefficient (Wildman–Crippen LogP) is 3.06. The van der Waals surface area contributed by atoms with Gasteiger partial charge in [0.05, 0.1) is 36.3 Å². The Hall–Kier alpha value is -2.48. The quantitative estimate of drug-likeness (QED) is 0.583. The number of carbonyl (C=O) groups excluding carboxylic acids is 1. The number of halogens is 1. The number of hydrogen-bond donors (Lipinski definition) is 1. The standard InChI is InChI=1S/C20H23ClN4O3/c1-3-24(9-10-26)13-19-16(20(27)28-4-2)12-23-25(19)18-7-8-22-17-11-14(21)5-6-15(17)18/h5-8,11-12,26H,3-4,9-10,13H2,1-2H3. The number of aliphatic hydroxyl groups excluding tert-OH is 1. The molecule has 3 rings (SSSR count). The lowest BCUT2D eigenvalue weighted by Crippen LogP contribution is -2.28. The monoisotopic (exact) mass is 402 g/mol. The normalized spacial score (nSPS) is 11.3. The van der Waals surface area contributed by atoms with Gasteiger partial charge in [0.1, 0.15) is 5.56 Å². The number of nitrogens with zero attached hydrogens (tertiary/aromatic N) is 4. The largest absolute Gasteiger partial charge is 0.462 e. The van der Waals surface area contributed by atoms with Gasteiger partial charge in [-0.1, -0.05) is 18.5 Å². The van der Waals surface area contributed by atoms with E-state index in [-0.39, 0.29) is 13.2 Å². The molecule has 8 heteroatoms. The first kappa shape index (κ1) is 20.3. The molecule has 0 unspecified atom stereocenters. The molecule has 0 atom stereocenters. The van der Waals surface area contributed by atoms with Gasteiger partial charge in [-0.25, -0.2) is 9.48 Å². The number of rotatable bonds is 8. The SMILES string of the molecule is CCOC(=O)c1cnn(-c2ccnc3cc(Cl)ccc23)c1CN(CC)CCO. The van der Waals surface area contributed by atoms with Gasteiger partial charge in [-0.2, -0.15) is 5.10 Å². The Kier molecular flexibility index (Phi) is 6.61. The van der Waals surface area contributed by atoms with Crippen LogP contribution in [0.15, 0.2) is 36.7 Å². The molecule has 0 spiro atoms. The van der Waals surface area contributed by atoms with E-state index in [9.17, 15) is 9.90 Å². The van der Waals surface area contributed by atoms with E-state index in [1.165, 1.54) is 6.20 Å². The lowest BCUT2D eigenvalue weighted by molar-refractivity contribution is 0.0523. The number of aliphatic hydroxyl groups is 1. The zero-order valence-electron chi connectivity index (χ0n) is 15.9. The minimum absolute atomic E-state index is 0.0351. The van der Waals surface area contributed by atoms with Gasteiger partial charge >= 0.3 is 5.97 Å². The Morgan fingerprint density at radius 2 is 2.14 bits per heavy atom. The first-order valence-corrected chi connectivity index (χ1v) is 9.58. The van der Waals surface area contributed by atoms with Crippen LogP contribution >= 0.6 is 11.6 Å². The van der Waals surface area contributed by atoms with E-state index in [1.54, 1.807) is 29.9 Å². The third-order valence-electron chi connectivity index (χ3n) is 4.51. The summed E-state index contributed by atoms with van der Waals surface area (Å²) < 4.78 is 6.95. The highest BCUT2D eigenvalue weighted by Crippen LogP contribution is 2.26. The maximum atomic E-state index is 12.5. The van der Waals surface area contributed by atoms with E-state index in [0.717, 1.165) is 23.1 Å². The van der Waals surface area contributed by atoms with E-state index in [1.807, 2.05) is 24.0 Å². The van der Waals surface area contributed by atoms with Crippen molar-refractivity contribution >= 4 is 28.5 Å². The molecule has 2 heterocycles. The second-order valence-electron chi connectivity index (χ2n) is 6.22.